The Bertz CT molecular complexity index is 948. The van der Waals surface area contributed by atoms with E-state index in [1.807, 2.05) is 30.3 Å². The Morgan fingerprint density at radius 3 is 3.00 bits per heavy atom. The van der Waals surface area contributed by atoms with Crippen LogP contribution in [-0.4, -0.2) is 30.3 Å². The highest BCUT2D eigenvalue weighted by Crippen LogP contribution is 2.38. The van der Waals surface area contributed by atoms with E-state index in [1.54, 1.807) is 0 Å². The quantitative estimate of drug-likeness (QED) is 0.571. The number of furan rings is 1. The van der Waals surface area contributed by atoms with Crippen molar-refractivity contribution >= 4 is 11.0 Å². The highest BCUT2D eigenvalue weighted by atomic mass is 16.5. The normalized spacial score (nSPS) is 14.6. The van der Waals surface area contributed by atoms with E-state index in [9.17, 15) is 0 Å². The Balaban J connectivity index is 1.40. The van der Waals surface area contributed by atoms with Gasteiger partial charge in [-0.3, -0.25) is 0 Å². The number of nitrogens with zero attached hydrogens (tertiary/aromatic N) is 6. The minimum Gasteiger partial charge on any atom is -0.453 e. The van der Waals surface area contributed by atoms with Crippen molar-refractivity contribution in [3.8, 4) is 11.6 Å². The van der Waals surface area contributed by atoms with Crippen LogP contribution >= 0.6 is 0 Å². The lowest BCUT2D eigenvalue weighted by atomic mass is 10.2. The summed E-state index contributed by atoms with van der Waals surface area (Å²) in [5.74, 6) is 2.74. The summed E-state index contributed by atoms with van der Waals surface area (Å²) < 4.78 is 11.0. The van der Waals surface area contributed by atoms with Gasteiger partial charge in [-0.15, -0.1) is 10.2 Å². The molecular formula is C15H12N6O2. The van der Waals surface area contributed by atoms with Gasteiger partial charge in [0.1, 0.15) is 12.1 Å². The molecule has 0 unspecified atom stereocenters. The largest absolute Gasteiger partial charge is 0.453 e. The smallest absolute Gasteiger partial charge is 0.250 e. The molecule has 1 saturated carbocycles. The maximum Gasteiger partial charge on any atom is 0.250 e. The van der Waals surface area contributed by atoms with Crippen LogP contribution in [0.2, 0.25) is 0 Å². The lowest BCUT2D eigenvalue weighted by Crippen LogP contribution is -2.04. The Morgan fingerprint density at radius 1 is 1.22 bits per heavy atom. The second-order valence-electron chi connectivity index (χ2n) is 5.61. The number of para-hydroxylation sites is 1. The molecule has 0 bridgehead atoms. The first-order valence-corrected chi connectivity index (χ1v) is 7.44. The number of aromatic nitrogens is 6. The standard InChI is InChI=1S/C15H12N6O2/c1-2-4-11-10(3-1)7-12(22-11)15-17-20-21(18-15)8-13-16-14(19-23-13)9-5-6-9/h1-4,7,9H,5-6,8H2. The molecular weight excluding hydrogens is 296 g/mol. The molecule has 1 aliphatic rings. The predicted molar refractivity (Wildman–Crippen MR) is 78.4 cm³/mol. The van der Waals surface area contributed by atoms with Crippen molar-refractivity contribution in [1.29, 1.82) is 0 Å². The molecule has 0 saturated heterocycles. The van der Waals surface area contributed by atoms with Gasteiger partial charge in [0.2, 0.25) is 11.7 Å². The number of rotatable bonds is 4. The van der Waals surface area contributed by atoms with Gasteiger partial charge in [-0.05, 0) is 30.2 Å². The zero-order chi connectivity index (χ0) is 15.2. The summed E-state index contributed by atoms with van der Waals surface area (Å²) in [6.07, 6.45) is 2.27. The van der Waals surface area contributed by atoms with Crippen LogP contribution in [0.5, 0.6) is 0 Å². The maximum absolute atomic E-state index is 5.73. The van der Waals surface area contributed by atoms with Gasteiger partial charge in [-0.1, -0.05) is 23.4 Å². The van der Waals surface area contributed by atoms with Crippen LogP contribution in [0.3, 0.4) is 0 Å². The second-order valence-corrected chi connectivity index (χ2v) is 5.61. The first kappa shape index (κ1) is 12.5. The third kappa shape index (κ3) is 2.28. The Hall–Kier alpha value is -3.03. The summed E-state index contributed by atoms with van der Waals surface area (Å²) in [5, 5.41) is 17.3. The molecule has 1 aromatic carbocycles. The monoisotopic (exact) mass is 308 g/mol. The molecule has 8 nitrogen and oxygen atoms in total. The number of tetrazole rings is 1. The van der Waals surface area contributed by atoms with Crippen LogP contribution < -0.4 is 0 Å². The van der Waals surface area contributed by atoms with Crippen molar-refractivity contribution in [2.75, 3.05) is 0 Å². The highest BCUT2D eigenvalue weighted by Gasteiger charge is 2.28. The summed E-state index contributed by atoms with van der Waals surface area (Å²) >= 11 is 0. The van der Waals surface area contributed by atoms with Gasteiger partial charge in [0.05, 0.1) is 0 Å². The van der Waals surface area contributed by atoms with Gasteiger partial charge >= 0.3 is 0 Å². The van der Waals surface area contributed by atoms with E-state index in [4.69, 9.17) is 8.94 Å². The zero-order valence-corrected chi connectivity index (χ0v) is 12.1. The third-order valence-electron chi connectivity index (χ3n) is 3.80. The van der Waals surface area contributed by atoms with Crippen LogP contribution in [0, 0.1) is 0 Å². The first-order valence-electron chi connectivity index (χ1n) is 7.44. The Labute approximate surface area is 130 Å². The molecule has 4 aromatic rings. The van der Waals surface area contributed by atoms with Crippen molar-refractivity contribution in [2.24, 2.45) is 0 Å². The van der Waals surface area contributed by atoms with Gasteiger partial charge in [0.15, 0.2) is 11.6 Å². The molecule has 114 valence electrons. The number of hydrogen-bond acceptors (Lipinski definition) is 7. The van der Waals surface area contributed by atoms with E-state index < -0.39 is 0 Å². The summed E-state index contributed by atoms with van der Waals surface area (Å²) in [4.78, 5) is 5.78. The number of fused-ring (bicyclic) bond motifs is 1. The van der Waals surface area contributed by atoms with Crippen LogP contribution in [-0.2, 0) is 6.54 Å². The molecule has 0 amide bonds. The maximum atomic E-state index is 5.73. The van der Waals surface area contributed by atoms with Crippen molar-refractivity contribution in [3.63, 3.8) is 0 Å². The van der Waals surface area contributed by atoms with Crippen LogP contribution in [0.25, 0.3) is 22.6 Å². The molecule has 3 aromatic heterocycles. The lowest BCUT2D eigenvalue weighted by molar-refractivity contribution is 0.352. The number of hydrogen-bond donors (Lipinski definition) is 0. The van der Waals surface area contributed by atoms with E-state index in [0.29, 0.717) is 29.9 Å². The average molecular weight is 308 g/mol. The Kier molecular flexibility index (Phi) is 2.57. The fraction of sp³-hybridized carbons (Fsp3) is 0.267. The van der Waals surface area contributed by atoms with Crippen molar-refractivity contribution in [2.45, 2.75) is 25.3 Å². The molecule has 0 aliphatic heterocycles. The Morgan fingerprint density at radius 2 is 2.13 bits per heavy atom. The van der Waals surface area contributed by atoms with Crippen LogP contribution in [0.15, 0.2) is 39.3 Å². The molecule has 0 radical (unpaired) electrons. The number of benzene rings is 1. The third-order valence-corrected chi connectivity index (χ3v) is 3.80. The molecule has 1 fully saturated rings. The van der Waals surface area contributed by atoms with Gasteiger partial charge in [-0.2, -0.15) is 9.78 Å². The first-order chi connectivity index (χ1) is 11.3. The summed E-state index contributed by atoms with van der Waals surface area (Å²) in [7, 11) is 0. The van der Waals surface area contributed by atoms with Gasteiger partial charge in [0.25, 0.3) is 0 Å². The average Bonchev–Trinajstić information content (AvgIpc) is 3.00. The second kappa shape index (κ2) is 4.73. The predicted octanol–water partition coefficient (Wildman–Crippen LogP) is 2.40. The summed E-state index contributed by atoms with van der Waals surface area (Å²) in [5.41, 5.74) is 0.796. The SMILES string of the molecule is c1ccc2oc(-c3nnn(Cc4nc(C5CC5)no4)n3)cc2c1. The molecule has 3 heterocycles. The lowest BCUT2D eigenvalue weighted by Gasteiger charge is -1.90. The van der Waals surface area contributed by atoms with Crippen molar-refractivity contribution < 1.29 is 8.94 Å². The molecule has 0 N–H and O–H groups in total. The fourth-order valence-electron chi connectivity index (χ4n) is 2.46. The van der Waals surface area contributed by atoms with E-state index in [2.05, 4.69) is 25.6 Å². The minimum absolute atomic E-state index is 0.299. The van der Waals surface area contributed by atoms with Crippen molar-refractivity contribution in [1.82, 2.24) is 30.3 Å². The summed E-state index contributed by atoms with van der Waals surface area (Å²) in [6.45, 7) is 0.299. The van der Waals surface area contributed by atoms with Gasteiger partial charge in [0, 0.05) is 11.3 Å². The van der Waals surface area contributed by atoms with Crippen LogP contribution in [0.4, 0.5) is 0 Å². The van der Waals surface area contributed by atoms with E-state index in [0.717, 1.165) is 29.6 Å². The zero-order valence-electron chi connectivity index (χ0n) is 12.1. The van der Waals surface area contributed by atoms with Crippen molar-refractivity contribution in [3.05, 3.63) is 42.0 Å². The molecule has 5 rings (SSSR count). The van der Waals surface area contributed by atoms with Gasteiger partial charge < -0.3 is 8.94 Å². The molecule has 0 spiro atoms. The van der Waals surface area contributed by atoms with E-state index in [1.165, 1.54) is 4.80 Å². The van der Waals surface area contributed by atoms with E-state index >= 15 is 0 Å². The van der Waals surface area contributed by atoms with E-state index in [-0.39, 0.29) is 0 Å². The molecule has 23 heavy (non-hydrogen) atoms. The van der Waals surface area contributed by atoms with Gasteiger partial charge in [-0.25, -0.2) is 0 Å². The summed E-state index contributed by atoms with van der Waals surface area (Å²) in [6, 6.07) is 9.66. The van der Waals surface area contributed by atoms with Crippen LogP contribution in [0.1, 0.15) is 30.5 Å². The molecule has 1 aliphatic carbocycles. The molecule has 8 heteroatoms. The minimum atomic E-state index is 0.299. The molecule has 0 atom stereocenters. The fourth-order valence-corrected chi connectivity index (χ4v) is 2.46. The topological polar surface area (TPSA) is 95.7 Å². The highest BCUT2D eigenvalue weighted by molar-refractivity contribution is 5.81.